The number of hydrogen-bond donors (Lipinski definition) is 0. The molecule has 0 saturated carbocycles. The number of rotatable bonds is 2. The lowest BCUT2D eigenvalue weighted by Crippen LogP contribution is -1.91. The lowest BCUT2D eigenvalue weighted by Gasteiger charge is -2.12. The fourth-order valence-corrected chi connectivity index (χ4v) is 6.74. The Morgan fingerprint density at radius 3 is 2.19 bits per heavy atom. The van der Waals surface area contributed by atoms with E-state index >= 15 is 0 Å². The molecule has 0 unspecified atom stereocenters. The van der Waals surface area contributed by atoms with E-state index < -0.39 is 0 Å². The predicted octanol–water partition coefficient (Wildman–Crippen LogP) is 9.64. The van der Waals surface area contributed by atoms with Crippen molar-refractivity contribution < 1.29 is 0 Å². The van der Waals surface area contributed by atoms with Crippen LogP contribution < -0.4 is 0 Å². The lowest BCUT2D eigenvalue weighted by molar-refractivity contribution is 1.39. The molecule has 0 saturated heterocycles. The minimum absolute atomic E-state index is 0.970. The second kappa shape index (κ2) is 7.95. The second-order valence-corrected chi connectivity index (χ2v) is 10.5. The molecule has 37 heavy (non-hydrogen) atoms. The highest BCUT2D eigenvalue weighted by atomic mass is 32.1. The van der Waals surface area contributed by atoms with Gasteiger partial charge in [-0.25, -0.2) is 9.97 Å². The maximum absolute atomic E-state index is 5.26. The van der Waals surface area contributed by atoms with Crippen LogP contribution in [0.15, 0.2) is 121 Å². The summed E-state index contributed by atoms with van der Waals surface area (Å²) in [6, 6.07) is 42.9. The quantitative estimate of drug-likeness (QED) is 0.226. The van der Waals surface area contributed by atoms with Gasteiger partial charge in [-0.3, -0.25) is 0 Å². The average Bonchev–Trinajstić information content (AvgIpc) is 3.35. The molecule has 3 heterocycles. The van der Waals surface area contributed by atoms with E-state index in [0.717, 1.165) is 38.9 Å². The maximum Gasteiger partial charge on any atom is 0.0802 e. The number of hydrogen-bond acceptors (Lipinski definition) is 3. The molecule has 0 bridgehead atoms. The number of aromatic nitrogens is 2. The van der Waals surface area contributed by atoms with Crippen molar-refractivity contribution in [2.75, 3.05) is 0 Å². The Labute approximate surface area is 217 Å². The standard InChI is InChI=1S/C34H20N2S/c1-4-13-28-21(8-1)16-19-29(35-28)22-9-7-10-23(20-22)33-32-26(24-11-2-5-14-30(24)36-33)17-18-27-25-12-3-6-15-31(25)37-34(27)32/h1-20H. The van der Waals surface area contributed by atoms with Crippen molar-refractivity contribution in [1.82, 2.24) is 9.97 Å². The molecule has 0 amide bonds. The van der Waals surface area contributed by atoms with Crippen LogP contribution in [0.1, 0.15) is 0 Å². The molecule has 0 N–H and O–H groups in total. The third kappa shape index (κ3) is 3.18. The normalized spacial score (nSPS) is 11.8. The minimum Gasteiger partial charge on any atom is -0.248 e. The largest absolute Gasteiger partial charge is 0.248 e. The summed E-state index contributed by atoms with van der Waals surface area (Å²) in [4.78, 5) is 10.2. The third-order valence-electron chi connectivity index (χ3n) is 7.24. The Hall–Kier alpha value is -4.60. The Morgan fingerprint density at radius 2 is 1.24 bits per heavy atom. The Morgan fingerprint density at radius 1 is 0.486 bits per heavy atom. The topological polar surface area (TPSA) is 25.8 Å². The molecule has 0 aliphatic rings. The maximum atomic E-state index is 5.26. The lowest BCUT2D eigenvalue weighted by atomic mass is 9.96. The number of benzene rings is 5. The molecule has 0 fully saturated rings. The van der Waals surface area contributed by atoms with Crippen molar-refractivity contribution in [1.29, 1.82) is 0 Å². The summed E-state index contributed by atoms with van der Waals surface area (Å²) in [5, 5.41) is 7.40. The van der Waals surface area contributed by atoms with Gasteiger partial charge in [-0.1, -0.05) is 91.0 Å². The summed E-state index contributed by atoms with van der Waals surface area (Å²) >= 11 is 1.86. The van der Waals surface area contributed by atoms with Crippen LogP contribution in [0.5, 0.6) is 0 Å². The molecule has 0 aliphatic heterocycles. The number of para-hydroxylation sites is 2. The molecule has 0 aliphatic carbocycles. The summed E-state index contributed by atoms with van der Waals surface area (Å²) in [5.74, 6) is 0. The van der Waals surface area contributed by atoms with Gasteiger partial charge in [0.1, 0.15) is 0 Å². The second-order valence-electron chi connectivity index (χ2n) is 9.41. The number of fused-ring (bicyclic) bond motifs is 8. The van der Waals surface area contributed by atoms with Gasteiger partial charge in [-0.2, -0.15) is 0 Å². The van der Waals surface area contributed by atoms with Gasteiger partial charge in [0.05, 0.1) is 22.4 Å². The fourth-order valence-electron chi connectivity index (χ4n) is 5.49. The molecule has 8 aromatic rings. The minimum atomic E-state index is 0.970. The van der Waals surface area contributed by atoms with Crippen LogP contribution in [0, 0.1) is 0 Å². The van der Waals surface area contributed by atoms with Crippen molar-refractivity contribution in [3.05, 3.63) is 121 Å². The summed E-state index contributed by atoms with van der Waals surface area (Å²) in [6.45, 7) is 0. The molecule has 8 rings (SSSR count). The smallest absolute Gasteiger partial charge is 0.0802 e. The van der Waals surface area contributed by atoms with Crippen molar-refractivity contribution >= 4 is 64.1 Å². The predicted molar refractivity (Wildman–Crippen MR) is 158 cm³/mol. The Balaban J connectivity index is 1.44. The van der Waals surface area contributed by atoms with Crippen molar-refractivity contribution in [2.45, 2.75) is 0 Å². The zero-order valence-electron chi connectivity index (χ0n) is 19.8. The molecule has 0 radical (unpaired) electrons. The number of thiophene rings is 1. The molecule has 3 aromatic heterocycles. The first kappa shape index (κ1) is 20.6. The van der Waals surface area contributed by atoms with E-state index in [1.54, 1.807) is 0 Å². The first-order chi connectivity index (χ1) is 18.3. The van der Waals surface area contributed by atoms with Crippen LogP contribution >= 0.6 is 11.3 Å². The van der Waals surface area contributed by atoms with Gasteiger partial charge < -0.3 is 0 Å². The molecule has 5 aromatic carbocycles. The molecule has 2 nitrogen and oxygen atoms in total. The van der Waals surface area contributed by atoms with Crippen molar-refractivity contribution in [2.24, 2.45) is 0 Å². The zero-order chi connectivity index (χ0) is 24.3. The van der Waals surface area contributed by atoms with Gasteiger partial charge in [-0.15, -0.1) is 11.3 Å². The van der Waals surface area contributed by atoms with E-state index in [1.165, 1.54) is 36.3 Å². The molecule has 0 atom stereocenters. The summed E-state index contributed by atoms with van der Waals surface area (Å²) in [7, 11) is 0. The van der Waals surface area contributed by atoms with E-state index in [1.807, 2.05) is 17.4 Å². The van der Waals surface area contributed by atoms with Crippen LogP contribution in [-0.4, -0.2) is 9.97 Å². The number of pyridine rings is 2. The highest BCUT2D eigenvalue weighted by Crippen LogP contribution is 2.43. The highest BCUT2D eigenvalue weighted by Gasteiger charge is 2.17. The van der Waals surface area contributed by atoms with Crippen LogP contribution in [0.25, 0.3) is 75.3 Å². The van der Waals surface area contributed by atoms with Crippen LogP contribution in [0.2, 0.25) is 0 Å². The monoisotopic (exact) mass is 488 g/mol. The van der Waals surface area contributed by atoms with Gasteiger partial charge >= 0.3 is 0 Å². The van der Waals surface area contributed by atoms with E-state index in [9.17, 15) is 0 Å². The van der Waals surface area contributed by atoms with Crippen LogP contribution in [0.3, 0.4) is 0 Å². The average molecular weight is 489 g/mol. The zero-order valence-corrected chi connectivity index (χ0v) is 20.7. The highest BCUT2D eigenvalue weighted by molar-refractivity contribution is 7.26. The Kier molecular flexibility index (Phi) is 4.42. The van der Waals surface area contributed by atoms with E-state index in [4.69, 9.17) is 9.97 Å². The molecular weight excluding hydrogens is 468 g/mol. The van der Waals surface area contributed by atoms with Crippen LogP contribution in [-0.2, 0) is 0 Å². The van der Waals surface area contributed by atoms with Gasteiger partial charge in [0.2, 0.25) is 0 Å². The molecule has 172 valence electrons. The Bertz CT molecular complexity index is 2160. The number of nitrogens with zero attached hydrogens (tertiary/aromatic N) is 2. The van der Waals surface area contributed by atoms with Gasteiger partial charge in [0.15, 0.2) is 0 Å². The molecule has 3 heteroatoms. The van der Waals surface area contributed by atoms with Crippen molar-refractivity contribution in [3.63, 3.8) is 0 Å². The van der Waals surface area contributed by atoms with Gasteiger partial charge in [0, 0.05) is 47.5 Å². The third-order valence-corrected chi connectivity index (χ3v) is 8.44. The van der Waals surface area contributed by atoms with Crippen LogP contribution in [0.4, 0.5) is 0 Å². The molecular formula is C34H20N2S. The molecule has 0 spiro atoms. The fraction of sp³-hybridized carbons (Fsp3) is 0. The summed E-state index contributed by atoms with van der Waals surface area (Å²) in [6.07, 6.45) is 0. The first-order valence-electron chi connectivity index (χ1n) is 12.4. The van der Waals surface area contributed by atoms with Gasteiger partial charge in [0.25, 0.3) is 0 Å². The van der Waals surface area contributed by atoms with E-state index in [2.05, 4.69) is 115 Å². The van der Waals surface area contributed by atoms with Gasteiger partial charge in [-0.05, 0) is 35.7 Å². The summed E-state index contributed by atoms with van der Waals surface area (Å²) < 4.78 is 2.60. The van der Waals surface area contributed by atoms with E-state index in [-0.39, 0.29) is 0 Å². The van der Waals surface area contributed by atoms with Crippen molar-refractivity contribution in [3.8, 4) is 22.5 Å². The first-order valence-corrected chi connectivity index (χ1v) is 13.2. The summed E-state index contributed by atoms with van der Waals surface area (Å²) in [5.41, 5.74) is 6.21. The van der Waals surface area contributed by atoms with E-state index in [0.29, 0.717) is 0 Å². The SMILES string of the molecule is c1cc(-c2ccc3ccccc3n2)cc(-c2nc3ccccc3c3ccc4c5ccccc5sc4c23)c1.